The van der Waals surface area contributed by atoms with Crippen molar-refractivity contribution in [2.75, 3.05) is 12.3 Å². The molecule has 0 bridgehead atoms. The first-order chi connectivity index (χ1) is 10.2. The van der Waals surface area contributed by atoms with Crippen LogP contribution in [0.2, 0.25) is 0 Å². The van der Waals surface area contributed by atoms with E-state index in [2.05, 4.69) is 33.5 Å². The Bertz CT molecular complexity index is 604. The highest BCUT2D eigenvalue weighted by Crippen LogP contribution is 2.28. The number of nitrogens with one attached hydrogen (secondary N) is 2. The minimum absolute atomic E-state index is 0.560. The van der Waals surface area contributed by atoms with Crippen LogP contribution < -0.4 is 5.32 Å². The maximum atomic E-state index is 9.77. The lowest BCUT2D eigenvalue weighted by Gasteiger charge is -2.27. The van der Waals surface area contributed by atoms with Gasteiger partial charge < -0.3 is 0 Å². The van der Waals surface area contributed by atoms with Crippen molar-refractivity contribution in [2.24, 2.45) is 0 Å². The lowest BCUT2D eigenvalue weighted by Crippen LogP contribution is -2.44. The zero-order valence-corrected chi connectivity index (χ0v) is 13.1. The van der Waals surface area contributed by atoms with Gasteiger partial charge >= 0.3 is 0 Å². The van der Waals surface area contributed by atoms with E-state index in [-0.39, 0.29) is 0 Å². The molecular weight excluding hydrogens is 282 g/mol. The molecule has 0 spiro atoms. The molecule has 2 N–H and O–H groups in total. The second-order valence-corrected chi connectivity index (χ2v) is 5.74. The van der Waals surface area contributed by atoms with Crippen LogP contribution in [0.4, 0.5) is 0 Å². The van der Waals surface area contributed by atoms with Crippen molar-refractivity contribution in [1.82, 2.24) is 20.5 Å². The number of thioether (sulfide) groups is 1. The predicted molar refractivity (Wildman–Crippen MR) is 83.9 cm³/mol. The van der Waals surface area contributed by atoms with Crippen molar-refractivity contribution in [3.05, 3.63) is 41.7 Å². The summed E-state index contributed by atoms with van der Waals surface area (Å²) in [5.74, 6) is 1.34. The molecule has 0 fully saturated rings. The highest BCUT2D eigenvalue weighted by molar-refractivity contribution is 7.99. The molecule has 1 atom stereocenters. The summed E-state index contributed by atoms with van der Waals surface area (Å²) in [4.78, 5) is 4.28. The summed E-state index contributed by atoms with van der Waals surface area (Å²) in [6.07, 6.45) is 0.973. The van der Waals surface area contributed by atoms with Gasteiger partial charge in [0.25, 0.3) is 0 Å². The van der Waals surface area contributed by atoms with Gasteiger partial charge in [0.05, 0.1) is 6.07 Å². The third-order valence-electron chi connectivity index (χ3n) is 3.13. The van der Waals surface area contributed by atoms with Gasteiger partial charge in [-0.15, -0.1) is 5.10 Å². The number of benzene rings is 1. The van der Waals surface area contributed by atoms with Crippen molar-refractivity contribution in [1.29, 1.82) is 5.26 Å². The van der Waals surface area contributed by atoms with Gasteiger partial charge in [-0.2, -0.15) is 5.26 Å². The van der Waals surface area contributed by atoms with E-state index in [0.29, 0.717) is 10.9 Å². The third kappa shape index (κ3) is 3.84. The van der Waals surface area contributed by atoms with E-state index in [4.69, 9.17) is 0 Å². The Morgan fingerprint density at radius 3 is 2.71 bits per heavy atom. The smallest absolute Gasteiger partial charge is 0.208 e. The van der Waals surface area contributed by atoms with Crippen LogP contribution in [0.1, 0.15) is 24.7 Å². The fraction of sp³-hybridized carbons (Fsp3) is 0.400. The Kier molecular flexibility index (Phi) is 5.37. The van der Waals surface area contributed by atoms with Gasteiger partial charge in [-0.1, -0.05) is 49.0 Å². The van der Waals surface area contributed by atoms with E-state index < -0.39 is 5.54 Å². The topological polar surface area (TPSA) is 77.4 Å². The average molecular weight is 301 g/mol. The van der Waals surface area contributed by atoms with Crippen molar-refractivity contribution in [2.45, 2.75) is 31.0 Å². The van der Waals surface area contributed by atoms with E-state index in [1.54, 1.807) is 0 Å². The minimum Gasteiger partial charge on any atom is -0.295 e. The van der Waals surface area contributed by atoms with Crippen LogP contribution in [0.5, 0.6) is 0 Å². The fourth-order valence-corrected chi connectivity index (χ4v) is 2.98. The van der Waals surface area contributed by atoms with Gasteiger partial charge in [0, 0.05) is 5.75 Å². The van der Waals surface area contributed by atoms with Gasteiger partial charge in [-0.3, -0.25) is 10.4 Å². The molecule has 0 saturated carbocycles. The maximum Gasteiger partial charge on any atom is 0.208 e. The number of rotatable bonds is 7. The van der Waals surface area contributed by atoms with Crippen LogP contribution in [-0.2, 0) is 5.54 Å². The third-order valence-corrected chi connectivity index (χ3v) is 4.15. The van der Waals surface area contributed by atoms with Crippen molar-refractivity contribution in [3.8, 4) is 6.07 Å². The molecule has 5 nitrogen and oxygen atoms in total. The van der Waals surface area contributed by atoms with E-state index in [1.165, 1.54) is 11.8 Å². The Balaban J connectivity index is 2.20. The number of aryl methyl sites for hydroxylation is 1. The lowest BCUT2D eigenvalue weighted by atomic mass is 9.93. The summed E-state index contributed by atoms with van der Waals surface area (Å²) in [5.41, 5.74) is 0.247. The van der Waals surface area contributed by atoms with E-state index >= 15 is 0 Å². The Morgan fingerprint density at radius 1 is 1.38 bits per heavy atom. The van der Waals surface area contributed by atoms with Gasteiger partial charge in [0.1, 0.15) is 11.4 Å². The molecule has 2 rings (SSSR count). The van der Waals surface area contributed by atoms with E-state index in [0.717, 1.165) is 24.4 Å². The van der Waals surface area contributed by atoms with Crippen molar-refractivity contribution in [3.63, 3.8) is 0 Å². The zero-order valence-electron chi connectivity index (χ0n) is 12.3. The van der Waals surface area contributed by atoms with Gasteiger partial charge in [-0.05, 0) is 25.5 Å². The SMILES string of the molecule is CCCNC(C#N)(CSc1n[nH]c(C)n1)c1ccccc1. The number of nitrogens with zero attached hydrogens (tertiary/aromatic N) is 3. The number of hydrogen-bond donors (Lipinski definition) is 2. The van der Waals surface area contributed by atoms with E-state index in [9.17, 15) is 5.26 Å². The molecule has 0 aliphatic carbocycles. The molecule has 0 amide bonds. The first-order valence-corrected chi connectivity index (χ1v) is 7.92. The molecule has 1 aromatic heterocycles. The Hall–Kier alpha value is -1.84. The molecule has 1 aromatic carbocycles. The van der Waals surface area contributed by atoms with Crippen LogP contribution in [0.15, 0.2) is 35.5 Å². The summed E-state index contributed by atoms with van der Waals surface area (Å²) in [5, 5.41) is 20.7. The molecule has 0 radical (unpaired) electrons. The molecule has 1 unspecified atom stereocenters. The number of aromatic nitrogens is 3. The van der Waals surface area contributed by atoms with Crippen LogP contribution in [0, 0.1) is 18.3 Å². The Labute approximate surface area is 129 Å². The number of nitriles is 1. The van der Waals surface area contributed by atoms with Crippen LogP contribution in [0.25, 0.3) is 0 Å². The zero-order chi connectivity index (χ0) is 15.1. The minimum atomic E-state index is -0.726. The number of hydrogen-bond acceptors (Lipinski definition) is 5. The summed E-state index contributed by atoms with van der Waals surface area (Å²) in [6.45, 7) is 4.74. The molecule has 2 aromatic rings. The van der Waals surface area contributed by atoms with Crippen LogP contribution >= 0.6 is 11.8 Å². The Morgan fingerprint density at radius 2 is 2.14 bits per heavy atom. The first kappa shape index (κ1) is 15.5. The second kappa shape index (κ2) is 7.25. The first-order valence-electron chi connectivity index (χ1n) is 6.94. The summed E-state index contributed by atoms with van der Waals surface area (Å²) < 4.78 is 0. The molecule has 0 saturated heterocycles. The monoisotopic (exact) mass is 301 g/mol. The van der Waals surface area contributed by atoms with Crippen LogP contribution in [0.3, 0.4) is 0 Å². The van der Waals surface area contributed by atoms with Gasteiger partial charge in [-0.25, -0.2) is 4.98 Å². The molecule has 0 aliphatic rings. The molecular formula is C15H19N5S. The van der Waals surface area contributed by atoms with Crippen molar-refractivity contribution < 1.29 is 0 Å². The van der Waals surface area contributed by atoms with Crippen molar-refractivity contribution >= 4 is 11.8 Å². The predicted octanol–water partition coefficient (Wildman–Crippen LogP) is 2.62. The van der Waals surface area contributed by atoms with Crippen LogP contribution in [-0.4, -0.2) is 27.5 Å². The maximum absolute atomic E-state index is 9.77. The number of aromatic amines is 1. The average Bonchev–Trinajstić information content (AvgIpc) is 2.95. The van der Waals surface area contributed by atoms with Gasteiger partial charge in [0.2, 0.25) is 5.16 Å². The summed E-state index contributed by atoms with van der Waals surface area (Å²) in [7, 11) is 0. The summed E-state index contributed by atoms with van der Waals surface area (Å²) >= 11 is 1.48. The molecule has 0 aliphatic heterocycles. The normalized spacial score (nSPS) is 13.6. The molecule has 21 heavy (non-hydrogen) atoms. The van der Waals surface area contributed by atoms with Gasteiger partial charge in [0.15, 0.2) is 0 Å². The molecule has 110 valence electrons. The molecule has 6 heteroatoms. The highest BCUT2D eigenvalue weighted by Gasteiger charge is 2.32. The lowest BCUT2D eigenvalue weighted by molar-refractivity contribution is 0.473. The summed E-state index contributed by atoms with van der Waals surface area (Å²) in [6, 6.07) is 12.3. The van der Waals surface area contributed by atoms with E-state index in [1.807, 2.05) is 37.3 Å². The standard InChI is InChI=1S/C15H19N5S/c1-3-9-17-15(10-16,13-7-5-4-6-8-13)11-21-14-18-12(2)19-20-14/h4-8,17H,3,9,11H2,1-2H3,(H,18,19,20). The quantitative estimate of drug-likeness (QED) is 0.769. The largest absolute Gasteiger partial charge is 0.295 e. The highest BCUT2D eigenvalue weighted by atomic mass is 32.2. The molecule has 1 heterocycles. The fourth-order valence-electron chi connectivity index (χ4n) is 1.99. The number of H-pyrrole nitrogens is 1. The second-order valence-electron chi connectivity index (χ2n) is 4.80.